The van der Waals surface area contributed by atoms with Crippen LogP contribution in [-0.4, -0.2) is 20.7 Å². The van der Waals surface area contributed by atoms with Gasteiger partial charge in [0.25, 0.3) is 0 Å². The van der Waals surface area contributed by atoms with E-state index in [1.807, 2.05) is 29.0 Å². The zero-order chi connectivity index (χ0) is 19.7. The molecule has 7 heteroatoms. The maximum Gasteiger partial charge on any atom is 0.229 e. The molecule has 0 spiro atoms. The molecule has 1 aromatic carbocycles. The van der Waals surface area contributed by atoms with Crippen LogP contribution in [0.15, 0.2) is 65.6 Å². The van der Waals surface area contributed by atoms with E-state index < -0.39 is 0 Å². The Morgan fingerprint density at radius 1 is 1.07 bits per heavy atom. The highest BCUT2D eigenvalue weighted by molar-refractivity contribution is 7.08. The lowest BCUT2D eigenvalue weighted by molar-refractivity contribution is -0.115. The van der Waals surface area contributed by atoms with Gasteiger partial charge in [-0.1, -0.05) is 0 Å². The Balaban J connectivity index is 2.01. The molecule has 0 saturated carbocycles. The lowest BCUT2D eigenvalue weighted by Gasteiger charge is -2.21. The molecule has 0 bridgehead atoms. The second-order valence-electron chi connectivity index (χ2n) is 6.25. The monoisotopic (exact) mass is 392 g/mol. The molecule has 4 rings (SSSR count). The first-order valence-electron chi connectivity index (χ1n) is 8.62. The maximum atomic E-state index is 13.4. The summed E-state index contributed by atoms with van der Waals surface area (Å²) < 4.78 is 15.1. The lowest BCUT2D eigenvalue weighted by atomic mass is 10.0. The van der Waals surface area contributed by atoms with Crippen molar-refractivity contribution < 1.29 is 9.18 Å². The summed E-state index contributed by atoms with van der Waals surface area (Å²) in [6.45, 7) is 1.53. The molecule has 28 heavy (non-hydrogen) atoms. The normalized spacial score (nSPS) is 10.8. The van der Waals surface area contributed by atoms with Crippen molar-refractivity contribution in [1.82, 2.24) is 14.8 Å². The number of nitrogens with zero attached hydrogens (tertiary/aromatic N) is 4. The fourth-order valence-corrected chi connectivity index (χ4v) is 3.82. The number of pyridine rings is 1. The van der Waals surface area contributed by atoms with Crippen LogP contribution in [0.2, 0.25) is 0 Å². The van der Waals surface area contributed by atoms with E-state index in [1.165, 1.54) is 30.4 Å². The van der Waals surface area contributed by atoms with Crippen molar-refractivity contribution in [3.63, 3.8) is 0 Å². The van der Waals surface area contributed by atoms with Crippen LogP contribution < -0.4 is 4.90 Å². The summed E-state index contributed by atoms with van der Waals surface area (Å²) in [5.74, 6) is 0.216. The number of aryl methyl sites for hydroxylation is 1. The van der Waals surface area contributed by atoms with Gasteiger partial charge in [0.2, 0.25) is 5.91 Å². The number of halogens is 1. The van der Waals surface area contributed by atoms with Gasteiger partial charge in [-0.05, 0) is 53.4 Å². The molecule has 0 N–H and O–H groups in total. The molecule has 0 radical (unpaired) electrons. The highest BCUT2D eigenvalue weighted by atomic mass is 32.1. The van der Waals surface area contributed by atoms with Gasteiger partial charge >= 0.3 is 0 Å². The Morgan fingerprint density at radius 2 is 1.79 bits per heavy atom. The summed E-state index contributed by atoms with van der Waals surface area (Å²) in [7, 11) is 1.80. The summed E-state index contributed by atoms with van der Waals surface area (Å²) in [6.07, 6.45) is 3.40. The van der Waals surface area contributed by atoms with Gasteiger partial charge in [0.1, 0.15) is 17.3 Å². The van der Waals surface area contributed by atoms with Crippen LogP contribution in [0.1, 0.15) is 6.92 Å². The smallest absolute Gasteiger partial charge is 0.229 e. The van der Waals surface area contributed by atoms with E-state index in [-0.39, 0.29) is 11.7 Å². The highest BCUT2D eigenvalue weighted by Crippen LogP contribution is 2.42. The predicted molar refractivity (Wildman–Crippen MR) is 109 cm³/mol. The van der Waals surface area contributed by atoms with E-state index in [1.54, 1.807) is 41.2 Å². The molecule has 0 aliphatic rings. The molecule has 0 fully saturated rings. The molecule has 0 aliphatic heterocycles. The second kappa shape index (κ2) is 7.36. The number of carbonyl (C=O) groups is 1. The summed E-state index contributed by atoms with van der Waals surface area (Å²) in [4.78, 5) is 18.3. The number of thiophene rings is 1. The highest BCUT2D eigenvalue weighted by Gasteiger charge is 2.27. The number of carbonyl (C=O) groups excluding carboxylic acids is 1. The quantitative estimate of drug-likeness (QED) is 0.489. The van der Waals surface area contributed by atoms with Gasteiger partial charge in [-0.15, -0.1) is 0 Å². The molecule has 0 unspecified atom stereocenters. The largest absolute Gasteiger partial charge is 0.274 e. The minimum absolute atomic E-state index is 0.123. The zero-order valence-electron chi connectivity index (χ0n) is 15.3. The predicted octanol–water partition coefficient (Wildman–Crippen LogP) is 5.03. The molecule has 0 atom stereocenters. The van der Waals surface area contributed by atoms with E-state index in [2.05, 4.69) is 10.1 Å². The number of benzene rings is 1. The topological polar surface area (TPSA) is 51.0 Å². The third kappa shape index (κ3) is 3.20. The van der Waals surface area contributed by atoms with Crippen LogP contribution in [0.3, 0.4) is 0 Å². The molecule has 5 nitrogen and oxygen atoms in total. The average molecular weight is 392 g/mol. The Bertz CT molecular complexity index is 1110. The fraction of sp³-hybridized carbons (Fsp3) is 0.0952. The SMILES string of the molecule is CC(=O)N(c1ccsc1)c1c(-c2ccncc2)c(-c2ccc(F)cc2)nn1C. The zero-order valence-corrected chi connectivity index (χ0v) is 16.2. The standard InChI is InChI=1S/C21H17FN4OS/c1-14(27)26(18-9-12-28-13-18)21-19(15-7-10-23-11-8-15)20(24-25(21)2)16-3-5-17(22)6-4-16/h3-13H,1-2H3. The fourth-order valence-electron chi connectivity index (χ4n) is 3.20. The van der Waals surface area contributed by atoms with Crippen molar-refractivity contribution in [2.24, 2.45) is 7.05 Å². The van der Waals surface area contributed by atoms with Crippen molar-refractivity contribution in [1.29, 1.82) is 0 Å². The van der Waals surface area contributed by atoms with Gasteiger partial charge in [0, 0.05) is 37.3 Å². The van der Waals surface area contributed by atoms with Crippen LogP contribution in [0.4, 0.5) is 15.9 Å². The summed E-state index contributed by atoms with van der Waals surface area (Å²) in [6, 6.07) is 11.8. The van der Waals surface area contributed by atoms with Crippen molar-refractivity contribution in [3.05, 3.63) is 71.4 Å². The van der Waals surface area contributed by atoms with E-state index in [0.29, 0.717) is 11.5 Å². The van der Waals surface area contributed by atoms with Crippen LogP contribution in [0.5, 0.6) is 0 Å². The second-order valence-corrected chi connectivity index (χ2v) is 7.03. The maximum absolute atomic E-state index is 13.4. The minimum Gasteiger partial charge on any atom is -0.274 e. The Morgan fingerprint density at radius 3 is 2.39 bits per heavy atom. The third-order valence-electron chi connectivity index (χ3n) is 4.39. The number of hydrogen-bond donors (Lipinski definition) is 0. The molecule has 0 saturated heterocycles. The van der Waals surface area contributed by atoms with Crippen LogP contribution in [-0.2, 0) is 11.8 Å². The Kier molecular flexibility index (Phi) is 4.75. The number of rotatable bonds is 4. The van der Waals surface area contributed by atoms with Gasteiger partial charge in [-0.2, -0.15) is 16.4 Å². The van der Waals surface area contributed by atoms with E-state index in [9.17, 15) is 9.18 Å². The first-order chi connectivity index (χ1) is 13.6. The summed E-state index contributed by atoms with van der Waals surface area (Å²) >= 11 is 1.52. The van der Waals surface area contributed by atoms with E-state index in [4.69, 9.17) is 0 Å². The molecular formula is C21H17FN4OS. The van der Waals surface area contributed by atoms with E-state index in [0.717, 1.165) is 22.4 Å². The Labute approximate surface area is 165 Å². The first-order valence-corrected chi connectivity index (χ1v) is 9.57. The molecule has 140 valence electrons. The molecule has 1 amide bonds. The lowest BCUT2D eigenvalue weighted by Crippen LogP contribution is -2.25. The third-order valence-corrected chi connectivity index (χ3v) is 5.07. The van der Waals surface area contributed by atoms with Crippen LogP contribution in [0.25, 0.3) is 22.4 Å². The van der Waals surface area contributed by atoms with Crippen LogP contribution >= 0.6 is 11.3 Å². The molecule has 3 aromatic heterocycles. The van der Waals surface area contributed by atoms with Crippen LogP contribution in [0, 0.1) is 5.82 Å². The van der Waals surface area contributed by atoms with Crippen molar-refractivity contribution in [3.8, 4) is 22.4 Å². The molecular weight excluding hydrogens is 375 g/mol. The number of aromatic nitrogens is 3. The van der Waals surface area contributed by atoms with Gasteiger partial charge in [0.15, 0.2) is 0 Å². The van der Waals surface area contributed by atoms with Crippen molar-refractivity contribution in [2.75, 3.05) is 4.90 Å². The average Bonchev–Trinajstić information content (AvgIpc) is 3.32. The van der Waals surface area contributed by atoms with E-state index >= 15 is 0 Å². The van der Waals surface area contributed by atoms with Gasteiger partial charge in [0.05, 0.1) is 11.3 Å². The molecule has 3 heterocycles. The first kappa shape index (κ1) is 18.1. The summed E-state index contributed by atoms with van der Waals surface area (Å²) in [5, 5.41) is 8.53. The molecule has 0 aliphatic carbocycles. The minimum atomic E-state index is -0.311. The summed E-state index contributed by atoms with van der Waals surface area (Å²) in [5.41, 5.74) is 3.88. The van der Waals surface area contributed by atoms with Gasteiger partial charge in [-0.25, -0.2) is 4.39 Å². The van der Waals surface area contributed by atoms with Gasteiger partial charge < -0.3 is 0 Å². The number of anilines is 2. The molecule has 4 aromatic rings. The van der Waals surface area contributed by atoms with Crippen molar-refractivity contribution in [2.45, 2.75) is 6.92 Å². The number of amides is 1. The number of hydrogen-bond acceptors (Lipinski definition) is 4. The van der Waals surface area contributed by atoms with Crippen molar-refractivity contribution >= 4 is 28.7 Å². The van der Waals surface area contributed by atoms with Gasteiger partial charge in [-0.3, -0.25) is 19.4 Å². The Hall–Kier alpha value is -3.32.